The number of phenolic OH excluding ortho intramolecular Hbond substituents is 1. The largest absolute Gasteiger partial charge is 0.504 e. The molecule has 88 valence electrons. The molecule has 0 aliphatic rings. The number of rotatable bonds is 2. The van der Waals surface area contributed by atoms with Gasteiger partial charge in [-0.1, -0.05) is 12.1 Å². The van der Waals surface area contributed by atoms with Crippen molar-refractivity contribution in [1.29, 1.82) is 0 Å². The summed E-state index contributed by atoms with van der Waals surface area (Å²) in [4.78, 5) is 0. The molecule has 0 bridgehead atoms. The number of benzene rings is 2. The van der Waals surface area contributed by atoms with E-state index in [1.807, 2.05) is 0 Å². The van der Waals surface area contributed by atoms with Crippen molar-refractivity contribution in [3.05, 3.63) is 48.0 Å². The smallest absolute Gasteiger partial charge is 0.160 e. The molecular formula is C13H10F2O2. The van der Waals surface area contributed by atoms with Crippen LogP contribution in [0, 0.1) is 11.6 Å². The number of hydrogen-bond donors (Lipinski definition) is 1. The number of phenols is 1. The van der Waals surface area contributed by atoms with Crippen LogP contribution in [0.1, 0.15) is 0 Å². The third kappa shape index (κ3) is 2.20. The van der Waals surface area contributed by atoms with E-state index in [1.54, 1.807) is 12.1 Å². The molecule has 2 aromatic rings. The highest BCUT2D eigenvalue weighted by atomic mass is 19.2. The lowest BCUT2D eigenvalue weighted by atomic mass is 10.0. The molecule has 0 aromatic heterocycles. The molecule has 0 radical (unpaired) electrons. The first kappa shape index (κ1) is 11.4. The summed E-state index contributed by atoms with van der Waals surface area (Å²) in [6.45, 7) is 0. The zero-order valence-corrected chi connectivity index (χ0v) is 9.08. The Balaban J connectivity index is 2.46. The van der Waals surface area contributed by atoms with Gasteiger partial charge in [0.05, 0.1) is 7.11 Å². The Kier molecular flexibility index (Phi) is 2.95. The van der Waals surface area contributed by atoms with Gasteiger partial charge in [0.1, 0.15) is 0 Å². The molecular weight excluding hydrogens is 226 g/mol. The number of methoxy groups -OCH3 is 1. The highest BCUT2D eigenvalue weighted by molar-refractivity contribution is 5.67. The first-order chi connectivity index (χ1) is 8.11. The lowest BCUT2D eigenvalue weighted by molar-refractivity contribution is 0.373. The number of ether oxygens (including phenoxy) is 1. The Morgan fingerprint density at radius 2 is 1.59 bits per heavy atom. The standard InChI is InChI=1S/C13H10F2O2/c1-17-13-5-3-9(7-12(13)16)8-2-4-10(14)11(15)6-8/h2-7,16H,1H3. The van der Waals surface area contributed by atoms with Crippen LogP contribution in [0.4, 0.5) is 8.78 Å². The zero-order chi connectivity index (χ0) is 12.4. The van der Waals surface area contributed by atoms with Gasteiger partial charge in [-0.2, -0.15) is 0 Å². The average molecular weight is 236 g/mol. The fourth-order valence-electron chi connectivity index (χ4n) is 1.55. The summed E-state index contributed by atoms with van der Waals surface area (Å²) in [5.41, 5.74) is 1.07. The lowest BCUT2D eigenvalue weighted by Crippen LogP contribution is -1.87. The molecule has 0 amide bonds. The van der Waals surface area contributed by atoms with E-state index in [0.29, 0.717) is 16.9 Å². The van der Waals surface area contributed by atoms with Crippen LogP contribution in [0.25, 0.3) is 11.1 Å². The van der Waals surface area contributed by atoms with E-state index in [-0.39, 0.29) is 5.75 Å². The van der Waals surface area contributed by atoms with Crippen LogP contribution in [-0.4, -0.2) is 12.2 Å². The summed E-state index contributed by atoms with van der Waals surface area (Å²) in [7, 11) is 1.44. The molecule has 0 spiro atoms. The van der Waals surface area contributed by atoms with Crippen molar-refractivity contribution in [2.75, 3.05) is 7.11 Å². The van der Waals surface area contributed by atoms with E-state index in [4.69, 9.17) is 4.74 Å². The minimum Gasteiger partial charge on any atom is -0.504 e. The fourth-order valence-corrected chi connectivity index (χ4v) is 1.55. The molecule has 0 saturated carbocycles. The van der Waals surface area contributed by atoms with Gasteiger partial charge in [-0.25, -0.2) is 8.78 Å². The van der Waals surface area contributed by atoms with E-state index >= 15 is 0 Å². The molecule has 4 heteroatoms. The zero-order valence-electron chi connectivity index (χ0n) is 9.08. The second-order valence-corrected chi connectivity index (χ2v) is 3.52. The molecule has 2 nitrogen and oxygen atoms in total. The molecule has 0 aliphatic heterocycles. The monoisotopic (exact) mass is 236 g/mol. The van der Waals surface area contributed by atoms with E-state index in [1.165, 1.54) is 19.2 Å². The van der Waals surface area contributed by atoms with Gasteiger partial charge in [0.15, 0.2) is 23.1 Å². The fraction of sp³-hybridized carbons (Fsp3) is 0.0769. The third-order valence-electron chi connectivity index (χ3n) is 2.43. The van der Waals surface area contributed by atoms with Crippen LogP contribution < -0.4 is 4.74 Å². The lowest BCUT2D eigenvalue weighted by Gasteiger charge is -2.06. The normalized spacial score (nSPS) is 10.3. The summed E-state index contributed by atoms with van der Waals surface area (Å²) in [6.07, 6.45) is 0. The van der Waals surface area contributed by atoms with E-state index in [9.17, 15) is 13.9 Å². The maximum atomic E-state index is 13.0. The van der Waals surface area contributed by atoms with Crippen molar-refractivity contribution in [2.24, 2.45) is 0 Å². The Hall–Kier alpha value is -2.10. The number of halogens is 2. The van der Waals surface area contributed by atoms with Crippen molar-refractivity contribution in [2.45, 2.75) is 0 Å². The second kappa shape index (κ2) is 4.41. The molecule has 0 heterocycles. The van der Waals surface area contributed by atoms with Crippen molar-refractivity contribution in [3.8, 4) is 22.6 Å². The quantitative estimate of drug-likeness (QED) is 0.866. The maximum Gasteiger partial charge on any atom is 0.160 e. The van der Waals surface area contributed by atoms with Gasteiger partial charge in [-0.15, -0.1) is 0 Å². The SMILES string of the molecule is COc1ccc(-c2ccc(F)c(F)c2)cc1O. The van der Waals surface area contributed by atoms with Gasteiger partial charge < -0.3 is 9.84 Å². The van der Waals surface area contributed by atoms with Crippen molar-refractivity contribution in [3.63, 3.8) is 0 Å². The molecule has 17 heavy (non-hydrogen) atoms. The van der Waals surface area contributed by atoms with Gasteiger partial charge in [-0.05, 0) is 35.4 Å². The molecule has 0 fully saturated rings. The van der Waals surface area contributed by atoms with Crippen molar-refractivity contribution < 1.29 is 18.6 Å². The Bertz CT molecular complexity index is 553. The first-order valence-electron chi connectivity index (χ1n) is 4.94. The molecule has 2 rings (SSSR count). The van der Waals surface area contributed by atoms with E-state index in [2.05, 4.69) is 0 Å². The Labute approximate surface area is 97.1 Å². The molecule has 0 unspecified atom stereocenters. The van der Waals surface area contributed by atoms with Crippen LogP contribution >= 0.6 is 0 Å². The predicted octanol–water partition coefficient (Wildman–Crippen LogP) is 3.35. The van der Waals surface area contributed by atoms with E-state index in [0.717, 1.165) is 12.1 Å². The van der Waals surface area contributed by atoms with Crippen LogP contribution in [0.15, 0.2) is 36.4 Å². The van der Waals surface area contributed by atoms with Crippen molar-refractivity contribution >= 4 is 0 Å². The van der Waals surface area contributed by atoms with Crippen molar-refractivity contribution in [1.82, 2.24) is 0 Å². The minimum atomic E-state index is -0.919. The van der Waals surface area contributed by atoms with Gasteiger partial charge in [0, 0.05) is 0 Å². The summed E-state index contributed by atoms with van der Waals surface area (Å²) < 4.78 is 30.7. The molecule has 0 atom stereocenters. The van der Waals surface area contributed by atoms with Gasteiger partial charge in [0.2, 0.25) is 0 Å². The Morgan fingerprint density at radius 1 is 0.941 bits per heavy atom. The van der Waals surface area contributed by atoms with Gasteiger partial charge in [0.25, 0.3) is 0 Å². The number of aromatic hydroxyl groups is 1. The second-order valence-electron chi connectivity index (χ2n) is 3.52. The average Bonchev–Trinajstić information content (AvgIpc) is 2.32. The van der Waals surface area contributed by atoms with Gasteiger partial charge in [-0.3, -0.25) is 0 Å². The topological polar surface area (TPSA) is 29.5 Å². The first-order valence-corrected chi connectivity index (χ1v) is 4.94. The summed E-state index contributed by atoms with van der Waals surface area (Å²) in [5.74, 6) is -1.53. The van der Waals surface area contributed by atoms with Crippen LogP contribution in [-0.2, 0) is 0 Å². The molecule has 2 aromatic carbocycles. The minimum absolute atomic E-state index is 0.0465. The van der Waals surface area contributed by atoms with Crippen LogP contribution in [0.5, 0.6) is 11.5 Å². The van der Waals surface area contributed by atoms with Gasteiger partial charge >= 0.3 is 0 Å². The molecule has 1 N–H and O–H groups in total. The summed E-state index contributed by atoms with van der Waals surface area (Å²) >= 11 is 0. The van der Waals surface area contributed by atoms with Crippen LogP contribution in [0.3, 0.4) is 0 Å². The van der Waals surface area contributed by atoms with Crippen LogP contribution in [0.2, 0.25) is 0 Å². The predicted molar refractivity (Wildman–Crippen MR) is 60.0 cm³/mol. The Morgan fingerprint density at radius 3 is 2.18 bits per heavy atom. The maximum absolute atomic E-state index is 13.0. The summed E-state index contributed by atoms with van der Waals surface area (Å²) in [6, 6.07) is 8.23. The molecule has 0 saturated heterocycles. The molecule has 0 aliphatic carbocycles. The summed E-state index contributed by atoms with van der Waals surface area (Å²) in [5, 5.41) is 9.58. The number of hydrogen-bond acceptors (Lipinski definition) is 2. The van der Waals surface area contributed by atoms with E-state index < -0.39 is 11.6 Å². The third-order valence-corrected chi connectivity index (χ3v) is 2.43. The highest BCUT2D eigenvalue weighted by Gasteiger charge is 2.07. The highest BCUT2D eigenvalue weighted by Crippen LogP contribution is 2.31.